The molecule has 587 valence electrons. The summed E-state index contributed by atoms with van der Waals surface area (Å²) in [6.07, 6.45) is 11.7. The second-order valence-corrected chi connectivity index (χ2v) is 28.4. The van der Waals surface area contributed by atoms with Gasteiger partial charge in [-0.25, -0.2) is 4.98 Å². The number of carbonyl (C=O) groups excluding carboxylic acids is 2. The Balaban J connectivity index is 0.000000276. The molecule has 111 heavy (non-hydrogen) atoms. The molecule has 10 aromatic rings. The summed E-state index contributed by atoms with van der Waals surface area (Å²) in [7, 11) is 0.500. The number of carboxylic acid groups (broad SMARTS) is 1. The first kappa shape index (κ1) is 88.4. The number of benzene rings is 9. The third-order valence-corrected chi connectivity index (χ3v) is 20.1. The van der Waals surface area contributed by atoms with Crippen LogP contribution in [0.5, 0.6) is 0 Å². The zero-order chi connectivity index (χ0) is 80.6. The smallest absolute Gasteiger partial charge is 0 e. The first-order chi connectivity index (χ1) is 54.3. The Morgan fingerprint density at radius 3 is 1.24 bits per heavy atom. The van der Waals surface area contributed by atoms with Gasteiger partial charge in [-0.1, -0.05) is 183 Å². The number of nitrogens with two attached hydrogens (primary N) is 1. The van der Waals surface area contributed by atoms with Gasteiger partial charge in [-0.15, -0.1) is 0 Å². The normalized spacial score (nSPS) is 13.2. The molecule has 19 nitrogen and oxygen atoms in total. The Morgan fingerprint density at radius 2 is 0.883 bits per heavy atom. The third kappa shape index (κ3) is 30.0. The molecule has 5 N–H and O–H groups in total. The number of halogens is 3. The maximum absolute atomic E-state index is 13.0. The Labute approximate surface area is 705 Å². The van der Waals surface area contributed by atoms with E-state index in [4.69, 9.17) is 59.9 Å². The van der Waals surface area contributed by atoms with Crippen LogP contribution in [-0.4, -0.2) is 140 Å². The van der Waals surface area contributed by atoms with Crippen molar-refractivity contribution in [1.82, 2.24) is 39.8 Å². The zero-order valence-electron chi connectivity index (χ0n) is 65.1. The Morgan fingerprint density at radius 1 is 0.559 bits per heavy atom. The SMILES string of the molecule is CCN(CC)CC.Nc1cc(-c2ccc(Cl)cc2)ccc1C(=O)NCCc1ccc(CN2CCCC2)cc1.O=C(NCCc1ccc(CN2CCCC2)cc1)c1ccc(-c2ccc(Cl)cc2)cc1[N+](=O)[O-].O=CO.O=c1c2ccc(-c3ccc(Cl)cc3)cc2ncn1CCc1ccc(CN2CCCC2)cc1.[3H][B][3H].[HH].[O]=[Pt]=[O].[U]. The fourth-order valence-corrected chi connectivity index (χ4v) is 13.6. The number of anilines is 1. The first-order valence-corrected chi connectivity index (χ1v) is 40.0. The largest absolute Gasteiger partial charge is 0 e. The van der Waals surface area contributed by atoms with Crippen LogP contribution in [0.15, 0.2) is 211 Å². The van der Waals surface area contributed by atoms with Crippen molar-refractivity contribution in [3.8, 4) is 33.4 Å². The number of hydrogen-bond acceptors (Lipinski definition) is 14. The monoisotopic (exact) mass is 1970 g/mol. The summed E-state index contributed by atoms with van der Waals surface area (Å²) in [6, 6.07) is 64.2. The van der Waals surface area contributed by atoms with E-state index in [-0.39, 0.29) is 61.7 Å². The number of nitro benzene ring substituents is 1. The Hall–Kier alpha value is -8.15. The number of nitro groups is 1. The second-order valence-electron chi connectivity index (χ2n) is 26.7. The standard InChI is InChI=1S/C27H26ClN3O.C26H26ClN3O3.C26H28ClN3O.C6H15N.CH2O2.BH2.2O.Pt.U.H2/c28-24-10-7-22(8-11-24)23-9-12-25-26(17-23)29-19-31(27(25)32)16-13-20-3-5-21(6-4-20)18-30-14-1-2-15-30;27-23-10-7-21(8-11-23)22-9-12-24(25(17-22)30(32)33)26(31)28-14-13-19-3-5-20(6-4-19)18-29-15-1-2-16-29;27-23-10-7-21(8-11-23)22-9-12-24(25(28)17-22)26(31)29-14-13-19-3-5-20(6-4-19)18-30-15-1-2-16-30;1-4-7(5-2)6-3;2-1-3;;;;;;/h3-12,17,19H,1-2,13-16,18H2;3-12,17H,1-2,13-16,18H2,(H,28,31);3-12,17H,1-2,13-16,18,28H2,(H,29,31);4-6H2,1-3H3;1H,(H,2,3);1H2;;;;;1H/i;;;;;1T2;;;;;. The molecule has 3 saturated heterocycles. The second kappa shape index (κ2) is 49.4. The number of nitrogen functional groups attached to an aromatic ring is 1. The number of aromatic nitrogens is 2. The van der Waals surface area contributed by atoms with Crippen LogP contribution in [-0.2, 0) is 75.5 Å². The minimum atomic E-state index is -1.92. The van der Waals surface area contributed by atoms with Crippen LogP contribution in [0.2, 0.25) is 15.1 Å². The van der Waals surface area contributed by atoms with Crippen molar-refractivity contribution in [2.45, 2.75) is 105 Å². The number of hydrogen-bond donors (Lipinski definition) is 4. The van der Waals surface area contributed by atoms with Gasteiger partial charge < -0.3 is 26.4 Å². The molecular formula is C86H101BCl3N10O9PtU. The predicted octanol–water partition coefficient (Wildman–Crippen LogP) is 16.3. The summed E-state index contributed by atoms with van der Waals surface area (Å²) in [4.78, 5) is 72.1. The molecular weight excluding hydrogens is 1870 g/mol. The number of fused-ring (bicyclic) bond motifs is 1. The minimum Gasteiger partial charge on any atom is 0 e. The van der Waals surface area contributed by atoms with Gasteiger partial charge in [0.1, 0.15) is 5.56 Å². The number of carbonyl (C=O) groups is 3. The molecule has 2 amide bonds. The summed E-state index contributed by atoms with van der Waals surface area (Å²) in [5.41, 5.74) is 20.8. The third-order valence-electron chi connectivity index (χ3n) is 19.4. The fourth-order valence-electron chi connectivity index (χ4n) is 13.2. The molecule has 3 fully saturated rings. The molecule has 3 aliphatic rings. The van der Waals surface area contributed by atoms with E-state index in [9.17, 15) is 24.5 Å². The molecule has 3 aliphatic heterocycles. The van der Waals surface area contributed by atoms with Crippen molar-refractivity contribution in [2.24, 2.45) is 0 Å². The van der Waals surface area contributed by atoms with Gasteiger partial charge in [0.2, 0.25) is 0 Å². The summed E-state index contributed by atoms with van der Waals surface area (Å²) in [5.74, 6) is -0.596. The number of rotatable bonds is 24. The van der Waals surface area contributed by atoms with Gasteiger partial charge in [-0.3, -0.25) is 48.6 Å². The molecule has 1 aromatic heterocycles. The number of likely N-dealkylation sites (tertiary alicyclic amines) is 3. The maximum Gasteiger partial charge on any atom is 0 e. The van der Waals surface area contributed by atoms with Gasteiger partial charge >= 0.3 is 25.3 Å². The van der Waals surface area contributed by atoms with Crippen LogP contribution in [0.1, 0.15) is 115 Å². The summed E-state index contributed by atoms with van der Waals surface area (Å²) in [5, 5.41) is 26.9. The van der Waals surface area contributed by atoms with E-state index in [0.717, 1.165) is 65.9 Å². The van der Waals surface area contributed by atoms with Gasteiger partial charge in [0.25, 0.3) is 29.5 Å². The van der Waals surface area contributed by atoms with E-state index in [1.165, 1.54) is 137 Å². The van der Waals surface area contributed by atoms with Gasteiger partial charge in [0.15, 0.2) is 0 Å². The maximum atomic E-state index is 13.0. The van der Waals surface area contributed by atoms with Gasteiger partial charge in [-0.2, -0.15) is 0 Å². The summed E-state index contributed by atoms with van der Waals surface area (Å²) in [6.45, 7) is 21.7. The first-order valence-electron chi connectivity index (χ1n) is 38.1. The molecule has 0 spiro atoms. The number of nitrogens with zero attached hydrogens (tertiary/aromatic N) is 7. The number of amides is 2. The fraction of sp³-hybridized carbons (Fsp3) is 0.314. The molecule has 9 aromatic carbocycles. The van der Waals surface area contributed by atoms with Crippen LogP contribution in [0, 0.1) is 41.2 Å². The molecule has 1 radical (unpaired) electrons. The van der Waals surface area contributed by atoms with Crippen LogP contribution in [0.4, 0.5) is 11.4 Å². The van der Waals surface area contributed by atoms with Crippen LogP contribution >= 0.6 is 34.8 Å². The van der Waals surface area contributed by atoms with Crippen LogP contribution < -0.4 is 21.9 Å². The van der Waals surface area contributed by atoms with Crippen LogP contribution in [0.3, 0.4) is 0 Å². The van der Waals surface area contributed by atoms with E-state index in [2.05, 4.69) is 129 Å². The molecule has 13 rings (SSSR count). The molecule has 0 aliphatic carbocycles. The van der Waals surface area contributed by atoms with E-state index in [0.29, 0.717) is 77.2 Å². The average molecular weight is 1970 g/mol. The quantitative estimate of drug-likeness (QED) is 0.0144. The van der Waals surface area contributed by atoms with E-state index >= 15 is 0 Å². The predicted molar refractivity (Wildman–Crippen MR) is 444 cm³/mol. The number of nitrogens with one attached hydrogen (secondary N) is 2. The topological polar surface area (TPSA) is 247 Å². The molecule has 0 atom stereocenters. The van der Waals surface area contributed by atoms with Crippen molar-refractivity contribution in [2.75, 3.05) is 77.7 Å². The van der Waals surface area contributed by atoms with Crippen molar-refractivity contribution < 1.29 is 82.2 Å². The van der Waals surface area contributed by atoms with Crippen LogP contribution in [0.25, 0.3) is 44.3 Å². The van der Waals surface area contributed by atoms with Gasteiger partial charge in [-0.05, 0) is 253 Å². The molecule has 0 saturated carbocycles. The van der Waals surface area contributed by atoms with Crippen molar-refractivity contribution in [1.29, 1.82) is 2.67 Å². The molecule has 25 heteroatoms. The van der Waals surface area contributed by atoms with E-state index in [1.807, 2.05) is 78.9 Å². The average Bonchev–Trinajstić information content (AvgIpc) is 0.782. The van der Waals surface area contributed by atoms with Crippen molar-refractivity contribution in [3.63, 3.8) is 0 Å². The van der Waals surface area contributed by atoms with Gasteiger partial charge in [0, 0.05) is 98.6 Å². The van der Waals surface area contributed by atoms with E-state index in [1.54, 1.807) is 47.3 Å². The zero-order valence-corrected chi connectivity index (χ0v) is 71.8. The molecule has 0 bridgehead atoms. The summed E-state index contributed by atoms with van der Waals surface area (Å²) < 4.78 is 30.2. The Kier molecular flexibility index (Phi) is 39.3. The minimum absolute atomic E-state index is 0. The molecule has 4 heterocycles. The van der Waals surface area contributed by atoms with Crippen molar-refractivity contribution >= 4 is 83.7 Å². The van der Waals surface area contributed by atoms with Gasteiger partial charge in [0.05, 0.1) is 36.1 Å². The number of aryl methyl sites for hydroxylation is 2. The van der Waals surface area contributed by atoms with E-state index < -0.39 is 29.3 Å². The van der Waals surface area contributed by atoms with Crippen molar-refractivity contribution in [3.05, 3.63) is 287 Å². The Bertz CT molecular complexity index is 4660. The molecule has 0 unspecified atom stereocenters. The summed E-state index contributed by atoms with van der Waals surface area (Å²) >= 11 is 15.9.